The number of carbonyl (C=O) groups is 1. The first-order valence-electron chi connectivity index (χ1n) is 6.80. The highest BCUT2D eigenvalue weighted by Crippen LogP contribution is 2.23. The Hall–Kier alpha value is -2.55. The minimum atomic E-state index is -0.925. The third-order valence-electron chi connectivity index (χ3n) is 3.41. The number of aliphatic carboxylic acids is 1. The second kappa shape index (κ2) is 6.27. The Morgan fingerprint density at radius 3 is 2.62 bits per heavy atom. The zero-order valence-electron chi connectivity index (χ0n) is 12.5. The molecule has 3 heteroatoms. The van der Waals surface area contributed by atoms with E-state index in [1.165, 1.54) is 17.0 Å². The van der Waals surface area contributed by atoms with Gasteiger partial charge in [-0.2, -0.15) is 0 Å². The first kappa shape index (κ1) is 14.9. The number of fused-ring (bicyclic) bond motifs is 1. The number of benzene rings is 1. The fourth-order valence-corrected chi connectivity index (χ4v) is 2.34. The summed E-state index contributed by atoms with van der Waals surface area (Å²) in [6.45, 7) is 3.82. The number of para-hydroxylation sites is 1. The van der Waals surface area contributed by atoms with E-state index in [4.69, 9.17) is 5.11 Å². The summed E-state index contributed by atoms with van der Waals surface area (Å²) in [5.74, 6) is -0.925. The molecular formula is C18H19NO2. The number of rotatable bonds is 4. The molecule has 0 aliphatic heterocycles. The van der Waals surface area contributed by atoms with E-state index in [0.717, 1.165) is 11.3 Å². The molecule has 1 aromatic heterocycles. The van der Waals surface area contributed by atoms with E-state index in [1.807, 2.05) is 31.3 Å². The van der Waals surface area contributed by atoms with Gasteiger partial charge in [0, 0.05) is 29.7 Å². The van der Waals surface area contributed by atoms with Gasteiger partial charge in [-0.15, -0.1) is 0 Å². The molecule has 1 N–H and O–H groups in total. The Kier molecular flexibility index (Phi) is 4.43. The van der Waals surface area contributed by atoms with Crippen LogP contribution < -0.4 is 0 Å². The van der Waals surface area contributed by atoms with Crippen LogP contribution in [0.2, 0.25) is 0 Å². The third kappa shape index (κ3) is 3.51. The van der Waals surface area contributed by atoms with Crippen molar-refractivity contribution in [3.05, 3.63) is 65.9 Å². The molecule has 0 amide bonds. The molecule has 2 rings (SSSR count). The van der Waals surface area contributed by atoms with Crippen molar-refractivity contribution in [2.24, 2.45) is 7.05 Å². The normalized spacial score (nSPS) is 13.3. The van der Waals surface area contributed by atoms with Gasteiger partial charge < -0.3 is 9.67 Å². The molecule has 2 aromatic rings. The first-order valence-corrected chi connectivity index (χ1v) is 6.80. The molecule has 0 spiro atoms. The number of hydrogen-bond acceptors (Lipinski definition) is 1. The lowest BCUT2D eigenvalue weighted by atomic mass is 10.1. The Balaban J connectivity index is 2.28. The zero-order chi connectivity index (χ0) is 15.4. The Morgan fingerprint density at radius 1 is 1.24 bits per heavy atom. The summed E-state index contributed by atoms with van der Waals surface area (Å²) < 4.78 is 2.16. The van der Waals surface area contributed by atoms with Crippen molar-refractivity contribution >= 4 is 22.4 Å². The van der Waals surface area contributed by atoms with Gasteiger partial charge in [-0.25, -0.2) is 4.79 Å². The van der Waals surface area contributed by atoms with Gasteiger partial charge in [0.2, 0.25) is 0 Å². The number of hydrogen-bond donors (Lipinski definition) is 1. The topological polar surface area (TPSA) is 42.2 Å². The van der Waals surface area contributed by atoms with Crippen molar-refractivity contribution in [2.75, 3.05) is 0 Å². The van der Waals surface area contributed by atoms with Crippen LogP contribution in [0, 0.1) is 0 Å². The molecule has 0 aliphatic rings. The van der Waals surface area contributed by atoms with E-state index in [0.29, 0.717) is 5.57 Å². The van der Waals surface area contributed by atoms with Crippen LogP contribution >= 0.6 is 0 Å². The highest BCUT2D eigenvalue weighted by molar-refractivity contribution is 5.85. The highest BCUT2D eigenvalue weighted by Gasteiger charge is 2.05. The molecular weight excluding hydrogens is 262 g/mol. The lowest BCUT2D eigenvalue weighted by Gasteiger charge is -2.03. The molecule has 0 saturated heterocycles. The zero-order valence-corrected chi connectivity index (χ0v) is 12.5. The molecule has 108 valence electrons. The molecule has 1 heterocycles. The fourth-order valence-electron chi connectivity index (χ4n) is 2.34. The quantitative estimate of drug-likeness (QED) is 0.675. The predicted octanol–water partition coefficient (Wildman–Crippen LogP) is 4.17. The van der Waals surface area contributed by atoms with Crippen LogP contribution in [0.15, 0.2) is 60.2 Å². The molecule has 0 aliphatic carbocycles. The van der Waals surface area contributed by atoms with Gasteiger partial charge in [0.25, 0.3) is 0 Å². The van der Waals surface area contributed by atoms with Gasteiger partial charge >= 0.3 is 5.97 Å². The monoisotopic (exact) mass is 281 g/mol. The van der Waals surface area contributed by atoms with Crippen LogP contribution in [0.25, 0.3) is 16.5 Å². The van der Waals surface area contributed by atoms with Crippen molar-refractivity contribution in [1.29, 1.82) is 0 Å². The molecule has 0 radical (unpaired) electrons. The van der Waals surface area contributed by atoms with Crippen LogP contribution in [-0.4, -0.2) is 15.6 Å². The molecule has 0 atom stereocenters. The maximum Gasteiger partial charge on any atom is 0.328 e. The minimum Gasteiger partial charge on any atom is -0.478 e. The summed E-state index contributed by atoms with van der Waals surface area (Å²) in [5.41, 5.74) is 4.20. The average molecular weight is 281 g/mol. The van der Waals surface area contributed by atoms with Gasteiger partial charge in [0.05, 0.1) is 0 Å². The van der Waals surface area contributed by atoms with Crippen LogP contribution in [0.4, 0.5) is 0 Å². The summed E-state index contributed by atoms with van der Waals surface area (Å²) in [6.07, 6.45) is 6.85. The van der Waals surface area contributed by atoms with Gasteiger partial charge in [-0.05, 0) is 37.1 Å². The van der Waals surface area contributed by atoms with E-state index in [1.54, 1.807) is 13.0 Å². The number of carboxylic acid groups (broad SMARTS) is 1. The van der Waals surface area contributed by atoms with Gasteiger partial charge in [-0.3, -0.25) is 0 Å². The van der Waals surface area contributed by atoms with Crippen molar-refractivity contribution in [3.8, 4) is 0 Å². The second-order valence-corrected chi connectivity index (χ2v) is 5.08. The van der Waals surface area contributed by atoms with Crippen molar-refractivity contribution in [3.63, 3.8) is 0 Å². The van der Waals surface area contributed by atoms with E-state index >= 15 is 0 Å². The van der Waals surface area contributed by atoms with E-state index in [2.05, 4.69) is 29.7 Å². The Morgan fingerprint density at radius 2 is 1.95 bits per heavy atom. The van der Waals surface area contributed by atoms with Crippen LogP contribution in [0.5, 0.6) is 0 Å². The van der Waals surface area contributed by atoms with Gasteiger partial charge in [-0.1, -0.05) is 36.4 Å². The lowest BCUT2D eigenvalue weighted by Crippen LogP contribution is -1.92. The number of carboxylic acids is 1. The van der Waals surface area contributed by atoms with Crippen molar-refractivity contribution in [2.45, 2.75) is 13.8 Å². The van der Waals surface area contributed by atoms with E-state index < -0.39 is 5.97 Å². The Bertz CT molecular complexity index is 761. The molecule has 1 aromatic carbocycles. The first-order chi connectivity index (χ1) is 9.99. The number of aromatic nitrogens is 1. The van der Waals surface area contributed by atoms with Crippen molar-refractivity contribution in [1.82, 2.24) is 4.57 Å². The average Bonchev–Trinajstić information content (AvgIpc) is 2.76. The van der Waals surface area contributed by atoms with Gasteiger partial charge in [0.15, 0.2) is 0 Å². The predicted molar refractivity (Wildman–Crippen MR) is 87.1 cm³/mol. The van der Waals surface area contributed by atoms with Crippen LogP contribution in [0.3, 0.4) is 0 Å². The van der Waals surface area contributed by atoms with E-state index in [-0.39, 0.29) is 0 Å². The molecule has 0 fully saturated rings. The highest BCUT2D eigenvalue weighted by atomic mass is 16.4. The number of allylic oxidation sites excluding steroid dienone is 5. The Labute approximate surface area is 124 Å². The molecule has 21 heavy (non-hydrogen) atoms. The van der Waals surface area contributed by atoms with E-state index in [9.17, 15) is 4.79 Å². The summed E-state index contributed by atoms with van der Waals surface area (Å²) >= 11 is 0. The molecule has 3 nitrogen and oxygen atoms in total. The maximum absolute atomic E-state index is 10.5. The minimum absolute atomic E-state index is 0.712. The fraction of sp³-hybridized carbons (Fsp3) is 0.167. The third-order valence-corrected chi connectivity index (χ3v) is 3.41. The van der Waals surface area contributed by atoms with Crippen LogP contribution in [-0.2, 0) is 11.8 Å². The van der Waals surface area contributed by atoms with Crippen LogP contribution in [0.1, 0.15) is 19.5 Å². The smallest absolute Gasteiger partial charge is 0.328 e. The molecule has 0 saturated carbocycles. The number of nitrogens with zero attached hydrogens (tertiary/aromatic N) is 1. The summed E-state index contributed by atoms with van der Waals surface area (Å²) in [7, 11) is 2.05. The maximum atomic E-state index is 10.5. The molecule has 0 bridgehead atoms. The summed E-state index contributed by atoms with van der Waals surface area (Å²) in [6, 6.07) is 10.4. The summed E-state index contributed by atoms with van der Waals surface area (Å²) in [5, 5.41) is 9.87. The van der Waals surface area contributed by atoms with Gasteiger partial charge in [0.1, 0.15) is 0 Å². The van der Waals surface area contributed by atoms with Crippen molar-refractivity contribution < 1.29 is 9.90 Å². The molecule has 0 unspecified atom stereocenters. The largest absolute Gasteiger partial charge is 0.478 e. The summed E-state index contributed by atoms with van der Waals surface area (Å²) in [4.78, 5) is 10.5. The SMILES string of the molecule is CC(/C=C/C=C(\C)c1cc2ccccc2n1C)=C\C(=O)O. The second-order valence-electron chi connectivity index (χ2n) is 5.08. The lowest BCUT2D eigenvalue weighted by molar-refractivity contribution is -0.131. The number of aryl methyl sites for hydroxylation is 1. The standard InChI is InChI=1S/C18H19NO2/c1-13(11-18(20)21)7-6-8-14(2)17-12-15-9-4-5-10-16(15)19(17)3/h4-12H,1-3H3,(H,20,21)/b7-6+,13-11+,14-8+.